The molecule has 0 saturated carbocycles. The SMILES string of the molecule is COC(=O)CC(=O)Nc1sc2c(c1C(=O)OC)CCC2. The zero-order valence-electron chi connectivity index (χ0n) is 11.3. The van der Waals surface area contributed by atoms with E-state index >= 15 is 0 Å². The molecule has 1 aliphatic carbocycles. The molecule has 0 saturated heterocycles. The van der Waals surface area contributed by atoms with Gasteiger partial charge < -0.3 is 14.8 Å². The predicted octanol–water partition coefficient (Wildman–Crippen LogP) is 1.53. The second-order valence-corrected chi connectivity index (χ2v) is 5.46. The van der Waals surface area contributed by atoms with Gasteiger partial charge in [-0.15, -0.1) is 11.3 Å². The predicted molar refractivity (Wildman–Crippen MR) is 72.9 cm³/mol. The second kappa shape index (κ2) is 6.04. The Morgan fingerprint density at radius 3 is 2.60 bits per heavy atom. The average molecular weight is 297 g/mol. The van der Waals surface area contributed by atoms with Gasteiger partial charge in [-0.25, -0.2) is 4.79 Å². The van der Waals surface area contributed by atoms with Crippen LogP contribution in [0.1, 0.15) is 33.6 Å². The highest BCUT2D eigenvalue weighted by Gasteiger charge is 2.28. The Kier molecular flexibility index (Phi) is 4.39. The van der Waals surface area contributed by atoms with Crippen LogP contribution in [0.4, 0.5) is 5.00 Å². The lowest BCUT2D eigenvalue weighted by atomic mass is 10.1. The topological polar surface area (TPSA) is 81.7 Å². The first-order valence-corrected chi connectivity index (χ1v) is 6.98. The van der Waals surface area contributed by atoms with Crippen molar-refractivity contribution in [3.05, 3.63) is 16.0 Å². The fourth-order valence-electron chi connectivity index (χ4n) is 2.18. The first kappa shape index (κ1) is 14.5. The van der Waals surface area contributed by atoms with Gasteiger partial charge in [-0.05, 0) is 24.8 Å². The maximum atomic E-state index is 11.9. The van der Waals surface area contributed by atoms with E-state index in [4.69, 9.17) is 4.74 Å². The van der Waals surface area contributed by atoms with Crippen molar-refractivity contribution in [3.8, 4) is 0 Å². The molecule has 7 heteroatoms. The van der Waals surface area contributed by atoms with Crippen molar-refractivity contribution in [3.63, 3.8) is 0 Å². The molecule has 2 rings (SSSR count). The van der Waals surface area contributed by atoms with E-state index in [9.17, 15) is 14.4 Å². The van der Waals surface area contributed by atoms with E-state index in [1.165, 1.54) is 25.6 Å². The summed E-state index contributed by atoms with van der Waals surface area (Å²) in [7, 11) is 2.52. The maximum absolute atomic E-state index is 11.9. The molecule has 0 fully saturated rings. The fraction of sp³-hybridized carbons (Fsp3) is 0.462. The summed E-state index contributed by atoms with van der Waals surface area (Å²) in [5.41, 5.74) is 1.37. The fourth-order valence-corrected chi connectivity index (χ4v) is 3.48. The largest absolute Gasteiger partial charge is 0.469 e. The van der Waals surface area contributed by atoms with Crippen molar-refractivity contribution in [2.45, 2.75) is 25.7 Å². The van der Waals surface area contributed by atoms with Crippen molar-refractivity contribution < 1.29 is 23.9 Å². The number of carbonyl (C=O) groups excluding carboxylic acids is 3. The number of thiophene rings is 1. The van der Waals surface area contributed by atoms with Gasteiger partial charge in [-0.1, -0.05) is 0 Å². The van der Waals surface area contributed by atoms with Gasteiger partial charge in [0.1, 0.15) is 11.4 Å². The van der Waals surface area contributed by atoms with Gasteiger partial charge in [0.05, 0.1) is 19.8 Å². The number of rotatable bonds is 4. The van der Waals surface area contributed by atoms with Crippen LogP contribution in [-0.4, -0.2) is 32.1 Å². The van der Waals surface area contributed by atoms with Crippen LogP contribution < -0.4 is 5.32 Å². The number of nitrogens with one attached hydrogen (secondary N) is 1. The molecular weight excluding hydrogens is 282 g/mol. The molecule has 108 valence electrons. The first-order valence-electron chi connectivity index (χ1n) is 6.16. The lowest BCUT2D eigenvalue weighted by Crippen LogP contribution is -2.18. The average Bonchev–Trinajstić information content (AvgIpc) is 2.97. The number of anilines is 1. The van der Waals surface area contributed by atoms with Crippen LogP contribution in [0, 0.1) is 0 Å². The Labute approximate surface area is 120 Å². The van der Waals surface area contributed by atoms with Crippen LogP contribution in [0.5, 0.6) is 0 Å². The molecular formula is C13H15NO5S. The molecule has 20 heavy (non-hydrogen) atoms. The number of ether oxygens (including phenoxy) is 2. The smallest absolute Gasteiger partial charge is 0.341 e. The summed E-state index contributed by atoms with van der Waals surface area (Å²) in [5, 5.41) is 3.05. The van der Waals surface area contributed by atoms with Crippen molar-refractivity contribution >= 4 is 34.2 Å². The lowest BCUT2D eigenvalue weighted by Gasteiger charge is -2.06. The van der Waals surface area contributed by atoms with Crippen LogP contribution in [0.2, 0.25) is 0 Å². The van der Waals surface area contributed by atoms with Crippen LogP contribution in [0.15, 0.2) is 0 Å². The second-order valence-electron chi connectivity index (χ2n) is 4.35. The highest BCUT2D eigenvalue weighted by Crippen LogP contribution is 2.39. The van der Waals surface area contributed by atoms with Gasteiger partial charge in [0.25, 0.3) is 0 Å². The normalized spacial score (nSPS) is 12.7. The molecule has 1 aromatic rings. The van der Waals surface area contributed by atoms with E-state index in [1.807, 2.05) is 0 Å². The maximum Gasteiger partial charge on any atom is 0.341 e. The molecule has 1 heterocycles. The van der Waals surface area contributed by atoms with Gasteiger partial charge >= 0.3 is 11.9 Å². The summed E-state index contributed by atoms with van der Waals surface area (Å²) in [5.74, 6) is -1.58. The molecule has 0 aromatic carbocycles. The Morgan fingerprint density at radius 1 is 1.20 bits per heavy atom. The Hall–Kier alpha value is -1.89. The van der Waals surface area contributed by atoms with Crippen LogP contribution in [0.25, 0.3) is 0 Å². The molecule has 6 nitrogen and oxygen atoms in total. The highest BCUT2D eigenvalue weighted by atomic mass is 32.1. The Morgan fingerprint density at radius 2 is 1.95 bits per heavy atom. The van der Waals surface area contributed by atoms with E-state index in [-0.39, 0.29) is 6.42 Å². The number of esters is 2. The molecule has 0 spiro atoms. The molecule has 1 aliphatic rings. The first-order chi connectivity index (χ1) is 9.56. The monoisotopic (exact) mass is 297 g/mol. The molecule has 1 N–H and O–H groups in total. The minimum absolute atomic E-state index is 0.375. The summed E-state index contributed by atoms with van der Waals surface area (Å²) in [6.45, 7) is 0. The van der Waals surface area contributed by atoms with Crippen LogP contribution in [0.3, 0.4) is 0 Å². The van der Waals surface area contributed by atoms with Gasteiger partial charge in [-0.2, -0.15) is 0 Å². The molecule has 0 atom stereocenters. The van der Waals surface area contributed by atoms with Crippen molar-refractivity contribution in [2.75, 3.05) is 19.5 Å². The lowest BCUT2D eigenvalue weighted by molar-refractivity contribution is -0.142. The van der Waals surface area contributed by atoms with Gasteiger partial charge in [0.2, 0.25) is 5.91 Å². The van der Waals surface area contributed by atoms with Gasteiger partial charge in [0.15, 0.2) is 0 Å². The summed E-state index contributed by atoms with van der Waals surface area (Å²) in [4.78, 5) is 35.7. The summed E-state index contributed by atoms with van der Waals surface area (Å²) < 4.78 is 9.20. The number of hydrogen-bond donors (Lipinski definition) is 1. The number of carbonyl (C=O) groups is 3. The minimum atomic E-state index is -0.619. The van der Waals surface area contributed by atoms with Gasteiger partial charge in [0, 0.05) is 4.88 Å². The summed E-state index contributed by atoms with van der Waals surface area (Å²) >= 11 is 1.37. The van der Waals surface area contributed by atoms with Gasteiger partial charge in [-0.3, -0.25) is 9.59 Å². The minimum Gasteiger partial charge on any atom is -0.469 e. The number of fused-ring (bicyclic) bond motifs is 1. The van der Waals surface area contributed by atoms with Crippen LogP contribution >= 0.6 is 11.3 Å². The molecule has 0 unspecified atom stereocenters. The number of methoxy groups -OCH3 is 2. The number of hydrogen-bond acceptors (Lipinski definition) is 6. The highest BCUT2D eigenvalue weighted by molar-refractivity contribution is 7.17. The van der Waals surface area contributed by atoms with E-state index in [1.54, 1.807) is 0 Å². The van der Waals surface area contributed by atoms with Crippen molar-refractivity contribution in [1.29, 1.82) is 0 Å². The van der Waals surface area contributed by atoms with Crippen molar-refractivity contribution in [2.24, 2.45) is 0 Å². The summed E-state index contributed by atoms with van der Waals surface area (Å²) in [6.07, 6.45) is 2.33. The Bertz CT molecular complexity index is 563. The molecule has 0 bridgehead atoms. The number of aryl methyl sites for hydroxylation is 1. The number of amides is 1. The quantitative estimate of drug-likeness (QED) is 0.673. The third kappa shape index (κ3) is 2.82. The van der Waals surface area contributed by atoms with Crippen LogP contribution in [-0.2, 0) is 31.9 Å². The zero-order chi connectivity index (χ0) is 14.7. The zero-order valence-corrected chi connectivity index (χ0v) is 12.1. The van der Waals surface area contributed by atoms with E-state index in [0.29, 0.717) is 10.6 Å². The van der Waals surface area contributed by atoms with E-state index in [0.717, 1.165) is 29.7 Å². The molecule has 1 amide bonds. The molecule has 0 aliphatic heterocycles. The third-order valence-corrected chi connectivity index (χ3v) is 4.30. The summed E-state index contributed by atoms with van der Waals surface area (Å²) in [6, 6.07) is 0. The van der Waals surface area contributed by atoms with E-state index in [2.05, 4.69) is 10.1 Å². The Balaban J connectivity index is 2.22. The molecule has 0 radical (unpaired) electrons. The van der Waals surface area contributed by atoms with E-state index < -0.39 is 17.8 Å². The van der Waals surface area contributed by atoms with Crippen molar-refractivity contribution in [1.82, 2.24) is 0 Å². The standard InChI is InChI=1S/C13H15NO5S/c1-18-10(16)6-9(15)14-12-11(13(17)19-2)7-4-3-5-8(7)20-12/h3-6H2,1-2H3,(H,14,15). The molecule has 1 aromatic heterocycles. The third-order valence-electron chi connectivity index (χ3n) is 3.10.